The average Bonchev–Trinajstić information content (AvgIpc) is 3.22. The minimum atomic E-state index is -3.36. The summed E-state index contributed by atoms with van der Waals surface area (Å²) in [6.07, 6.45) is 1.64. The Bertz CT molecular complexity index is 910. The molecule has 0 saturated carbocycles. The van der Waals surface area contributed by atoms with Gasteiger partial charge in [0, 0.05) is 17.0 Å². The van der Waals surface area contributed by atoms with Crippen molar-refractivity contribution in [2.75, 3.05) is 16.9 Å². The number of halogens is 1. The number of amides is 1. The summed E-state index contributed by atoms with van der Waals surface area (Å²) < 4.78 is 25.3. The van der Waals surface area contributed by atoms with Crippen LogP contribution >= 0.6 is 22.9 Å². The van der Waals surface area contributed by atoms with E-state index < -0.39 is 10.0 Å². The van der Waals surface area contributed by atoms with Crippen LogP contribution in [0.5, 0.6) is 0 Å². The van der Waals surface area contributed by atoms with Gasteiger partial charge in [-0.25, -0.2) is 13.4 Å². The molecule has 1 atom stereocenters. The molecular weight excluding hydrogens is 382 g/mol. The minimum Gasteiger partial charge on any atom is -0.284 e. The van der Waals surface area contributed by atoms with Crippen LogP contribution < -0.4 is 4.72 Å². The molecule has 1 aliphatic heterocycles. The van der Waals surface area contributed by atoms with Gasteiger partial charge in [-0.2, -0.15) is 5.10 Å². The summed E-state index contributed by atoms with van der Waals surface area (Å²) in [7, 11) is -3.36. The molecule has 1 aromatic heterocycles. The maximum absolute atomic E-state index is 12.2. The molecule has 0 saturated heterocycles. The van der Waals surface area contributed by atoms with Crippen LogP contribution in [-0.2, 0) is 14.8 Å². The predicted molar refractivity (Wildman–Crippen MR) is 101 cm³/mol. The third-order valence-corrected chi connectivity index (χ3v) is 5.46. The summed E-state index contributed by atoms with van der Waals surface area (Å²) in [5, 5.41) is 7.82. The number of hydrazone groups is 1. The maximum Gasteiger partial charge on any atom is 0.258 e. The number of rotatable bonds is 5. The first-order valence-corrected chi connectivity index (χ1v) is 10.7. The fourth-order valence-corrected chi connectivity index (χ4v) is 4.14. The van der Waals surface area contributed by atoms with Crippen molar-refractivity contribution in [1.29, 1.82) is 0 Å². The van der Waals surface area contributed by atoms with Crippen LogP contribution in [0, 0.1) is 0 Å². The SMILES string of the molecule is CS(=O)(=O)Nc1cccc(C2=NN(C(=O)CCl)[C@@H](c3cccs3)C2)c1. The number of nitrogens with one attached hydrogen (secondary N) is 1. The smallest absolute Gasteiger partial charge is 0.258 e. The van der Waals surface area contributed by atoms with Crippen LogP contribution in [0.2, 0.25) is 0 Å². The summed E-state index contributed by atoms with van der Waals surface area (Å²) >= 11 is 7.27. The second-order valence-corrected chi connectivity index (χ2v) is 8.60. The van der Waals surface area contributed by atoms with E-state index in [2.05, 4.69) is 9.82 Å². The summed E-state index contributed by atoms with van der Waals surface area (Å²) in [6, 6.07) is 10.7. The van der Waals surface area contributed by atoms with Crippen molar-refractivity contribution in [3.05, 3.63) is 52.2 Å². The van der Waals surface area contributed by atoms with Crippen LogP contribution in [0.3, 0.4) is 0 Å². The van der Waals surface area contributed by atoms with Crippen LogP contribution in [0.15, 0.2) is 46.9 Å². The van der Waals surface area contributed by atoms with Crippen molar-refractivity contribution in [1.82, 2.24) is 5.01 Å². The summed E-state index contributed by atoms with van der Waals surface area (Å²) in [4.78, 5) is 13.2. The van der Waals surface area contributed by atoms with Crippen LogP contribution in [0.1, 0.15) is 22.9 Å². The lowest BCUT2D eigenvalue weighted by Gasteiger charge is -2.19. The normalized spacial score (nSPS) is 17.4. The second kappa shape index (κ2) is 7.15. The largest absolute Gasteiger partial charge is 0.284 e. The first-order valence-electron chi connectivity index (χ1n) is 7.44. The average molecular weight is 398 g/mol. The molecule has 132 valence electrons. The first kappa shape index (κ1) is 17.9. The Morgan fingerprint density at radius 2 is 2.20 bits per heavy atom. The maximum atomic E-state index is 12.2. The summed E-state index contributed by atoms with van der Waals surface area (Å²) in [5.41, 5.74) is 1.94. The molecule has 0 spiro atoms. The van der Waals surface area contributed by atoms with Gasteiger partial charge in [0.25, 0.3) is 5.91 Å². The third kappa shape index (κ3) is 4.20. The Balaban J connectivity index is 1.92. The Morgan fingerprint density at radius 3 is 2.84 bits per heavy atom. The van der Waals surface area contributed by atoms with Crippen molar-refractivity contribution in [3.8, 4) is 0 Å². The monoisotopic (exact) mass is 397 g/mol. The molecule has 2 heterocycles. The van der Waals surface area contributed by atoms with E-state index in [1.54, 1.807) is 29.5 Å². The van der Waals surface area contributed by atoms with Gasteiger partial charge in [0.05, 0.1) is 18.0 Å². The molecule has 1 aliphatic rings. The van der Waals surface area contributed by atoms with Gasteiger partial charge in [-0.15, -0.1) is 22.9 Å². The molecule has 3 rings (SSSR count). The van der Waals surface area contributed by atoms with Crippen molar-refractivity contribution >= 4 is 50.3 Å². The van der Waals surface area contributed by atoms with Crippen molar-refractivity contribution in [3.63, 3.8) is 0 Å². The van der Waals surface area contributed by atoms with Gasteiger partial charge in [0.1, 0.15) is 5.88 Å². The van der Waals surface area contributed by atoms with Gasteiger partial charge in [0.2, 0.25) is 10.0 Å². The van der Waals surface area contributed by atoms with Crippen molar-refractivity contribution < 1.29 is 13.2 Å². The highest BCUT2D eigenvalue weighted by Crippen LogP contribution is 2.35. The highest BCUT2D eigenvalue weighted by Gasteiger charge is 2.33. The van der Waals surface area contributed by atoms with Gasteiger partial charge in [-0.3, -0.25) is 9.52 Å². The van der Waals surface area contributed by atoms with Gasteiger partial charge >= 0.3 is 0 Å². The van der Waals surface area contributed by atoms with E-state index in [0.717, 1.165) is 16.7 Å². The van der Waals surface area contributed by atoms with Gasteiger partial charge < -0.3 is 0 Å². The Kier molecular flexibility index (Phi) is 5.12. The van der Waals surface area contributed by atoms with Crippen molar-refractivity contribution in [2.45, 2.75) is 12.5 Å². The molecule has 0 radical (unpaired) electrons. The summed E-state index contributed by atoms with van der Waals surface area (Å²) in [6.45, 7) is 0. The van der Waals surface area contributed by atoms with E-state index in [1.807, 2.05) is 23.6 Å². The zero-order valence-corrected chi connectivity index (χ0v) is 15.7. The third-order valence-electron chi connectivity index (χ3n) is 3.65. The lowest BCUT2D eigenvalue weighted by Crippen LogP contribution is -2.27. The molecule has 0 fully saturated rings. The number of thiophene rings is 1. The quantitative estimate of drug-likeness (QED) is 0.787. The zero-order chi connectivity index (χ0) is 18.0. The van der Waals surface area contributed by atoms with Gasteiger partial charge in [-0.1, -0.05) is 18.2 Å². The number of anilines is 1. The topological polar surface area (TPSA) is 78.8 Å². The van der Waals surface area contributed by atoms with E-state index in [4.69, 9.17) is 11.6 Å². The van der Waals surface area contributed by atoms with E-state index in [9.17, 15) is 13.2 Å². The highest BCUT2D eigenvalue weighted by atomic mass is 35.5. The zero-order valence-electron chi connectivity index (χ0n) is 13.3. The predicted octanol–water partition coefficient (Wildman–Crippen LogP) is 3.04. The Morgan fingerprint density at radius 1 is 1.40 bits per heavy atom. The van der Waals surface area contributed by atoms with E-state index in [-0.39, 0.29) is 17.8 Å². The molecule has 1 N–H and O–H groups in total. The molecule has 0 bridgehead atoms. The number of benzene rings is 1. The Hall–Kier alpha value is -1.90. The fraction of sp³-hybridized carbons (Fsp3) is 0.250. The van der Waals surface area contributed by atoms with Crippen LogP contribution in [0.25, 0.3) is 0 Å². The van der Waals surface area contributed by atoms with E-state index in [1.165, 1.54) is 5.01 Å². The van der Waals surface area contributed by atoms with Gasteiger partial charge in [0.15, 0.2) is 0 Å². The number of sulfonamides is 1. The number of carbonyl (C=O) groups is 1. The fourth-order valence-electron chi connectivity index (χ4n) is 2.65. The lowest BCUT2D eigenvalue weighted by atomic mass is 10.0. The van der Waals surface area contributed by atoms with E-state index in [0.29, 0.717) is 17.8 Å². The number of alkyl halides is 1. The molecule has 1 amide bonds. The molecule has 9 heteroatoms. The Labute approximate surface area is 155 Å². The van der Waals surface area contributed by atoms with Crippen LogP contribution in [0.4, 0.5) is 5.69 Å². The number of hydrogen-bond acceptors (Lipinski definition) is 5. The number of hydrogen-bond donors (Lipinski definition) is 1. The molecular formula is C16H16ClN3O3S2. The van der Waals surface area contributed by atoms with Crippen molar-refractivity contribution in [2.24, 2.45) is 5.10 Å². The molecule has 1 aromatic carbocycles. The molecule has 2 aromatic rings. The minimum absolute atomic E-state index is 0.145. The standard InChI is InChI=1S/C16H16ClN3O3S2/c1-25(22,23)19-12-5-2-4-11(8-12)13-9-14(15-6-3-7-24-15)20(18-13)16(21)10-17/h2-8,14,19H,9-10H2,1H3/t14-/m1/s1. The summed E-state index contributed by atoms with van der Waals surface area (Å²) in [5.74, 6) is -0.408. The van der Waals surface area contributed by atoms with E-state index >= 15 is 0 Å². The first-order chi connectivity index (χ1) is 11.9. The number of carbonyl (C=O) groups excluding carboxylic acids is 1. The number of nitrogens with zero attached hydrogens (tertiary/aromatic N) is 2. The highest BCUT2D eigenvalue weighted by molar-refractivity contribution is 7.92. The van der Waals surface area contributed by atoms with Gasteiger partial charge in [-0.05, 0) is 29.1 Å². The molecule has 0 aliphatic carbocycles. The lowest BCUT2D eigenvalue weighted by molar-refractivity contribution is -0.130. The van der Waals surface area contributed by atoms with Crippen LogP contribution in [-0.4, -0.2) is 37.2 Å². The molecule has 0 unspecified atom stereocenters. The molecule has 25 heavy (non-hydrogen) atoms. The molecule has 6 nitrogen and oxygen atoms in total. The second-order valence-electron chi connectivity index (χ2n) is 5.61.